The molecule has 0 spiro atoms. The minimum Gasteiger partial charge on any atom is -0.307 e. The molecular weight excluding hydrogens is 274 g/mol. The van der Waals surface area contributed by atoms with Crippen LogP contribution in [0.2, 0.25) is 0 Å². The lowest BCUT2D eigenvalue weighted by atomic mass is 9.69. The topological polar surface area (TPSA) is 12.0 Å². The Kier molecular flexibility index (Phi) is 4.75. The molecule has 1 atom stereocenters. The monoisotopic (exact) mass is 305 g/mol. The highest BCUT2D eigenvalue weighted by Crippen LogP contribution is 2.41. The number of aryl methyl sites for hydroxylation is 1. The summed E-state index contributed by atoms with van der Waals surface area (Å²) < 4.78 is 0. The van der Waals surface area contributed by atoms with Crippen LogP contribution in [0.15, 0.2) is 11.4 Å². The van der Waals surface area contributed by atoms with E-state index in [0.717, 1.165) is 12.0 Å². The van der Waals surface area contributed by atoms with Crippen LogP contribution in [0, 0.1) is 11.3 Å². The number of hydrogen-bond acceptors (Lipinski definition) is 2. The number of hydrogen-bond donors (Lipinski definition) is 1. The third kappa shape index (κ3) is 3.37. The Morgan fingerprint density at radius 1 is 1.19 bits per heavy atom. The molecule has 2 aliphatic rings. The lowest BCUT2D eigenvalue weighted by molar-refractivity contribution is 0.133. The van der Waals surface area contributed by atoms with Crippen LogP contribution >= 0.6 is 11.3 Å². The van der Waals surface area contributed by atoms with Crippen LogP contribution in [0.4, 0.5) is 0 Å². The Morgan fingerprint density at radius 3 is 2.67 bits per heavy atom. The fraction of sp³-hybridized carbons (Fsp3) is 0.789. The molecule has 1 fully saturated rings. The van der Waals surface area contributed by atoms with E-state index >= 15 is 0 Å². The molecule has 2 aliphatic carbocycles. The van der Waals surface area contributed by atoms with Gasteiger partial charge in [0, 0.05) is 17.0 Å². The maximum atomic E-state index is 4.00. The van der Waals surface area contributed by atoms with Crippen molar-refractivity contribution in [2.24, 2.45) is 11.3 Å². The molecule has 0 saturated heterocycles. The van der Waals surface area contributed by atoms with Crippen LogP contribution in [-0.2, 0) is 6.42 Å². The van der Waals surface area contributed by atoms with Crippen molar-refractivity contribution in [2.45, 2.75) is 84.2 Å². The van der Waals surface area contributed by atoms with Gasteiger partial charge < -0.3 is 5.32 Å². The molecule has 3 rings (SSSR count). The van der Waals surface area contributed by atoms with Gasteiger partial charge in [-0.15, -0.1) is 11.3 Å². The lowest BCUT2D eigenvalue weighted by Gasteiger charge is -2.40. The third-order valence-corrected chi connectivity index (χ3v) is 7.23. The summed E-state index contributed by atoms with van der Waals surface area (Å²) in [5, 5.41) is 6.28. The molecule has 0 bridgehead atoms. The highest BCUT2D eigenvalue weighted by molar-refractivity contribution is 7.10. The summed E-state index contributed by atoms with van der Waals surface area (Å²) in [5.74, 6) is 0.934. The average Bonchev–Trinajstić information content (AvgIpc) is 2.97. The summed E-state index contributed by atoms with van der Waals surface area (Å²) >= 11 is 1.96. The Bertz CT molecular complexity index is 454. The van der Waals surface area contributed by atoms with E-state index in [0.29, 0.717) is 11.5 Å². The fourth-order valence-corrected chi connectivity index (χ4v) is 5.26. The van der Waals surface area contributed by atoms with E-state index in [4.69, 9.17) is 0 Å². The molecule has 1 nitrogen and oxygen atoms in total. The summed E-state index contributed by atoms with van der Waals surface area (Å²) in [6.07, 6.45) is 10.9. The van der Waals surface area contributed by atoms with Gasteiger partial charge in [0.15, 0.2) is 0 Å². The minimum atomic E-state index is 0.538. The van der Waals surface area contributed by atoms with Crippen molar-refractivity contribution in [2.75, 3.05) is 0 Å². The van der Waals surface area contributed by atoms with Gasteiger partial charge in [-0.2, -0.15) is 0 Å². The van der Waals surface area contributed by atoms with Crippen LogP contribution in [0.25, 0.3) is 0 Å². The van der Waals surface area contributed by atoms with Crippen molar-refractivity contribution in [3.8, 4) is 0 Å². The highest BCUT2D eigenvalue weighted by atomic mass is 32.1. The van der Waals surface area contributed by atoms with Gasteiger partial charge in [0.2, 0.25) is 0 Å². The van der Waals surface area contributed by atoms with Crippen LogP contribution in [0.3, 0.4) is 0 Å². The van der Waals surface area contributed by atoms with E-state index in [1.54, 1.807) is 10.4 Å². The SMILES string of the molecule is CCC(C)(C)C1CCC(NC2CCCc3sccc32)CC1. The summed E-state index contributed by atoms with van der Waals surface area (Å²) in [5.41, 5.74) is 2.15. The molecule has 2 heteroatoms. The van der Waals surface area contributed by atoms with Crippen molar-refractivity contribution in [1.29, 1.82) is 0 Å². The number of thiophene rings is 1. The quantitative estimate of drug-likeness (QED) is 0.751. The van der Waals surface area contributed by atoms with Gasteiger partial charge >= 0.3 is 0 Å². The first-order valence-corrected chi connectivity index (χ1v) is 9.80. The Morgan fingerprint density at radius 2 is 1.95 bits per heavy atom. The molecule has 1 aromatic heterocycles. The van der Waals surface area contributed by atoms with Crippen molar-refractivity contribution in [3.05, 3.63) is 21.9 Å². The Balaban J connectivity index is 1.55. The van der Waals surface area contributed by atoms with Gasteiger partial charge in [-0.1, -0.05) is 27.2 Å². The van der Waals surface area contributed by atoms with Gasteiger partial charge in [-0.05, 0) is 73.3 Å². The molecular formula is C19H31NS. The van der Waals surface area contributed by atoms with Crippen molar-refractivity contribution in [3.63, 3.8) is 0 Å². The molecule has 1 heterocycles. The molecule has 21 heavy (non-hydrogen) atoms. The second-order valence-electron chi connectivity index (χ2n) is 7.80. The molecule has 1 N–H and O–H groups in total. The highest BCUT2D eigenvalue weighted by Gasteiger charge is 2.33. The summed E-state index contributed by atoms with van der Waals surface area (Å²) in [7, 11) is 0. The van der Waals surface area contributed by atoms with Gasteiger partial charge in [0.25, 0.3) is 0 Å². The first-order valence-electron chi connectivity index (χ1n) is 8.92. The van der Waals surface area contributed by atoms with E-state index in [1.165, 1.54) is 51.4 Å². The zero-order chi connectivity index (χ0) is 14.9. The summed E-state index contributed by atoms with van der Waals surface area (Å²) in [6, 6.07) is 3.76. The number of rotatable bonds is 4. The van der Waals surface area contributed by atoms with Gasteiger partial charge in [-0.25, -0.2) is 0 Å². The molecule has 1 saturated carbocycles. The van der Waals surface area contributed by atoms with Crippen molar-refractivity contribution in [1.82, 2.24) is 5.32 Å². The Labute approximate surface area is 134 Å². The van der Waals surface area contributed by atoms with E-state index in [1.807, 2.05) is 11.3 Å². The van der Waals surface area contributed by atoms with E-state index in [2.05, 4.69) is 37.5 Å². The van der Waals surface area contributed by atoms with E-state index in [9.17, 15) is 0 Å². The largest absolute Gasteiger partial charge is 0.307 e. The lowest BCUT2D eigenvalue weighted by Crippen LogP contribution is -2.39. The van der Waals surface area contributed by atoms with Crippen LogP contribution in [0.1, 0.15) is 82.2 Å². The maximum absolute atomic E-state index is 4.00. The number of nitrogens with one attached hydrogen (secondary N) is 1. The zero-order valence-electron chi connectivity index (χ0n) is 14.0. The fourth-order valence-electron chi connectivity index (χ4n) is 4.27. The van der Waals surface area contributed by atoms with E-state index < -0.39 is 0 Å². The maximum Gasteiger partial charge on any atom is 0.0333 e. The summed E-state index contributed by atoms with van der Waals surface area (Å²) in [4.78, 5) is 1.64. The molecule has 0 aliphatic heterocycles. The summed E-state index contributed by atoms with van der Waals surface area (Å²) in [6.45, 7) is 7.28. The molecule has 1 unspecified atom stereocenters. The first-order chi connectivity index (χ1) is 10.1. The van der Waals surface area contributed by atoms with E-state index in [-0.39, 0.29) is 0 Å². The molecule has 118 valence electrons. The van der Waals surface area contributed by atoms with Gasteiger partial charge in [-0.3, -0.25) is 0 Å². The third-order valence-electron chi connectivity index (χ3n) is 6.23. The second-order valence-corrected chi connectivity index (χ2v) is 8.80. The standard InChI is InChI=1S/C19H31NS/c1-4-19(2,3)14-8-10-15(11-9-14)20-17-6-5-7-18-16(17)12-13-21-18/h12-15,17,20H,4-11H2,1-3H3. The zero-order valence-corrected chi connectivity index (χ0v) is 14.8. The van der Waals surface area contributed by atoms with Crippen LogP contribution in [0.5, 0.6) is 0 Å². The smallest absolute Gasteiger partial charge is 0.0333 e. The first kappa shape index (κ1) is 15.6. The number of fused-ring (bicyclic) bond motifs is 1. The predicted octanol–water partition coefficient (Wildman–Crippen LogP) is 5.71. The second kappa shape index (κ2) is 6.42. The molecule has 0 radical (unpaired) electrons. The molecule has 0 aromatic carbocycles. The predicted molar refractivity (Wildman–Crippen MR) is 93.0 cm³/mol. The minimum absolute atomic E-state index is 0.538. The molecule has 0 amide bonds. The van der Waals surface area contributed by atoms with Gasteiger partial charge in [0.1, 0.15) is 0 Å². The van der Waals surface area contributed by atoms with Crippen molar-refractivity contribution < 1.29 is 0 Å². The van der Waals surface area contributed by atoms with Crippen LogP contribution < -0.4 is 5.32 Å². The Hall–Kier alpha value is -0.340. The van der Waals surface area contributed by atoms with Gasteiger partial charge in [0.05, 0.1) is 0 Å². The van der Waals surface area contributed by atoms with Crippen LogP contribution in [-0.4, -0.2) is 6.04 Å². The normalized spacial score (nSPS) is 30.1. The molecule has 1 aromatic rings. The van der Waals surface area contributed by atoms with Crippen molar-refractivity contribution >= 4 is 11.3 Å². The average molecular weight is 306 g/mol.